The number of likely N-dealkylation sites (N-methyl/N-ethyl adjacent to an activating group) is 1. The molecule has 0 saturated heterocycles. The van der Waals surface area contributed by atoms with Crippen LogP contribution < -0.4 is 16.8 Å². The lowest BCUT2D eigenvalue weighted by molar-refractivity contribution is -0.870. The summed E-state index contributed by atoms with van der Waals surface area (Å²) < 4.78 is 6.46. The van der Waals surface area contributed by atoms with Gasteiger partial charge in [0, 0.05) is 12.2 Å². The molecule has 5 nitrogen and oxygen atoms in total. The fourth-order valence-electron chi connectivity index (χ4n) is 1.43. The van der Waals surface area contributed by atoms with Crippen molar-refractivity contribution in [1.29, 1.82) is 0 Å². The van der Waals surface area contributed by atoms with E-state index in [1.54, 1.807) is 12.1 Å². The largest absolute Gasteiger partial charge is 0.399 e. The third-order valence-electron chi connectivity index (χ3n) is 2.55. The van der Waals surface area contributed by atoms with Crippen LogP contribution in [0.3, 0.4) is 0 Å². The number of hydrogen-bond donors (Lipinski definition) is 3. The van der Waals surface area contributed by atoms with Crippen molar-refractivity contribution in [3.8, 4) is 0 Å². The molecule has 0 heterocycles. The summed E-state index contributed by atoms with van der Waals surface area (Å²) in [4.78, 5) is 0. The van der Waals surface area contributed by atoms with Gasteiger partial charge in [0.1, 0.15) is 6.54 Å². The molecule has 0 radical (unpaired) electrons. The van der Waals surface area contributed by atoms with E-state index in [1.165, 1.54) is 0 Å². The normalized spacial score (nSPS) is 11.5. The van der Waals surface area contributed by atoms with Gasteiger partial charge >= 0.3 is 0 Å². The lowest BCUT2D eigenvalue weighted by atomic mass is 10.2. The Morgan fingerprint density at radius 1 is 1.17 bits per heavy atom. The van der Waals surface area contributed by atoms with Crippen LogP contribution in [0.4, 0.5) is 17.1 Å². The van der Waals surface area contributed by atoms with E-state index in [0.29, 0.717) is 18.0 Å². The number of anilines is 3. The highest BCUT2D eigenvalue weighted by atomic mass is 16.5. The highest BCUT2D eigenvalue weighted by Gasteiger charge is 2.05. The molecule has 1 aromatic rings. The van der Waals surface area contributed by atoms with Gasteiger partial charge in [-0.15, -0.1) is 0 Å². The number of quaternary nitrogens is 1. The molecule has 1 rings (SSSR count). The standard InChI is InChI=1S/C13H25N4O/c1-17(2,3)7-9-18-8-6-16-13-10-11(14)4-5-12(13)15/h4-5,10,16H,6-9,14-15H2,1-3H3/q+1. The second kappa shape index (κ2) is 6.47. The zero-order valence-corrected chi connectivity index (χ0v) is 11.6. The van der Waals surface area contributed by atoms with Crippen molar-refractivity contribution in [2.45, 2.75) is 0 Å². The van der Waals surface area contributed by atoms with Crippen LogP contribution in [0, 0.1) is 0 Å². The fraction of sp³-hybridized carbons (Fsp3) is 0.538. The topological polar surface area (TPSA) is 73.3 Å². The Morgan fingerprint density at radius 2 is 1.89 bits per heavy atom. The monoisotopic (exact) mass is 253 g/mol. The first kappa shape index (κ1) is 14.6. The van der Waals surface area contributed by atoms with Crippen LogP contribution in [-0.4, -0.2) is 51.9 Å². The van der Waals surface area contributed by atoms with E-state index in [4.69, 9.17) is 16.2 Å². The third-order valence-corrected chi connectivity index (χ3v) is 2.55. The summed E-state index contributed by atoms with van der Waals surface area (Å²) in [6, 6.07) is 5.43. The van der Waals surface area contributed by atoms with Crippen molar-refractivity contribution in [1.82, 2.24) is 0 Å². The van der Waals surface area contributed by atoms with Crippen LogP contribution in [-0.2, 0) is 4.74 Å². The molecule has 0 fully saturated rings. The lowest BCUT2D eigenvalue weighted by Crippen LogP contribution is -2.37. The van der Waals surface area contributed by atoms with E-state index < -0.39 is 0 Å². The zero-order valence-electron chi connectivity index (χ0n) is 11.6. The van der Waals surface area contributed by atoms with Gasteiger partial charge in [0.05, 0.1) is 45.7 Å². The minimum atomic E-state index is 0.661. The molecular formula is C13H25N4O+. The quantitative estimate of drug-likeness (QED) is 0.385. The molecule has 0 aliphatic carbocycles. The molecule has 0 spiro atoms. The Labute approximate surface area is 109 Å². The maximum absolute atomic E-state index is 5.83. The van der Waals surface area contributed by atoms with Crippen molar-refractivity contribution < 1.29 is 9.22 Å². The summed E-state index contributed by atoms with van der Waals surface area (Å²) in [6.07, 6.45) is 0. The molecule has 1 aromatic carbocycles. The first-order valence-electron chi connectivity index (χ1n) is 6.15. The van der Waals surface area contributed by atoms with Crippen molar-refractivity contribution in [3.05, 3.63) is 18.2 Å². The van der Waals surface area contributed by atoms with Crippen molar-refractivity contribution in [3.63, 3.8) is 0 Å². The van der Waals surface area contributed by atoms with Gasteiger partial charge in [-0.1, -0.05) is 0 Å². The van der Waals surface area contributed by atoms with Crippen molar-refractivity contribution in [2.75, 3.05) is 64.2 Å². The molecule has 0 atom stereocenters. The van der Waals surface area contributed by atoms with Gasteiger partial charge in [-0.05, 0) is 18.2 Å². The first-order chi connectivity index (χ1) is 8.38. The van der Waals surface area contributed by atoms with Gasteiger partial charge in [0.25, 0.3) is 0 Å². The van der Waals surface area contributed by atoms with Crippen LogP contribution >= 0.6 is 0 Å². The Kier molecular flexibility index (Phi) is 5.25. The maximum Gasteiger partial charge on any atom is 0.102 e. The van der Waals surface area contributed by atoms with E-state index >= 15 is 0 Å². The number of rotatable bonds is 7. The van der Waals surface area contributed by atoms with Crippen LogP contribution in [0.15, 0.2) is 18.2 Å². The smallest absolute Gasteiger partial charge is 0.102 e. The summed E-state index contributed by atoms with van der Waals surface area (Å²) in [5, 5.41) is 3.22. The average molecular weight is 253 g/mol. The van der Waals surface area contributed by atoms with Gasteiger partial charge in [-0.3, -0.25) is 0 Å². The minimum absolute atomic E-state index is 0.661. The number of nitrogens with two attached hydrogens (primary N) is 2. The average Bonchev–Trinajstić information content (AvgIpc) is 2.26. The SMILES string of the molecule is C[N+](C)(C)CCOCCNc1cc(N)ccc1N. The number of nitrogens with zero attached hydrogens (tertiary/aromatic N) is 1. The summed E-state index contributed by atoms with van der Waals surface area (Å²) in [7, 11) is 6.44. The molecule has 0 amide bonds. The third kappa shape index (κ3) is 5.75. The molecule has 0 bridgehead atoms. The number of nitrogen functional groups attached to an aromatic ring is 2. The van der Waals surface area contributed by atoms with E-state index in [1.807, 2.05) is 6.07 Å². The van der Waals surface area contributed by atoms with E-state index in [-0.39, 0.29) is 0 Å². The molecule has 5 N–H and O–H groups in total. The van der Waals surface area contributed by atoms with E-state index in [0.717, 1.165) is 29.9 Å². The molecule has 18 heavy (non-hydrogen) atoms. The Bertz CT molecular complexity index is 374. The number of hydrogen-bond acceptors (Lipinski definition) is 4. The summed E-state index contributed by atoms with van der Waals surface area (Å²) in [5.41, 5.74) is 13.8. The lowest BCUT2D eigenvalue weighted by Gasteiger charge is -2.23. The highest BCUT2D eigenvalue weighted by Crippen LogP contribution is 2.20. The molecule has 102 valence electrons. The number of ether oxygens (including phenoxy) is 1. The van der Waals surface area contributed by atoms with E-state index in [2.05, 4.69) is 26.5 Å². The van der Waals surface area contributed by atoms with Gasteiger partial charge in [0.2, 0.25) is 0 Å². The van der Waals surface area contributed by atoms with Crippen LogP contribution in [0.5, 0.6) is 0 Å². The number of nitrogens with one attached hydrogen (secondary N) is 1. The predicted molar refractivity (Wildman–Crippen MR) is 77.5 cm³/mol. The molecule has 0 saturated carbocycles. The van der Waals surface area contributed by atoms with Gasteiger partial charge in [-0.25, -0.2) is 0 Å². The molecule has 0 aliphatic heterocycles. The maximum atomic E-state index is 5.83. The fourth-order valence-corrected chi connectivity index (χ4v) is 1.43. The van der Waals surface area contributed by atoms with Gasteiger partial charge in [0.15, 0.2) is 0 Å². The summed E-state index contributed by atoms with van der Waals surface area (Å²) in [5.74, 6) is 0. The molecular weight excluding hydrogens is 228 g/mol. The van der Waals surface area contributed by atoms with Gasteiger partial charge in [-0.2, -0.15) is 0 Å². The Balaban J connectivity index is 2.20. The van der Waals surface area contributed by atoms with Crippen LogP contribution in [0.25, 0.3) is 0 Å². The molecule has 5 heteroatoms. The highest BCUT2D eigenvalue weighted by molar-refractivity contribution is 5.70. The van der Waals surface area contributed by atoms with Crippen molar-refractivity contribution >= 4 is 17.1 Å². The second-order valence-corrected chi connectivity index (χ2v) is 5.40. The molecule has 0 aromatic heterocycles. The number of benzene rings is 1. The first-order valence-corrected chi connectivity index (χ1v) is 6.15. The van der Waals surface area contributed by atoms with Crippen LogP contribution in [0.2, 0.25) is 0 Å². The van der Waals surface area contributed by atoms with E-state index in [9.17, 15) is 0 Å². The predicted octanol–water partition coefficient (Wildman–Crippen LogP) is 0.986. The Hall–Kier alpha value is -1.46. The van der Waals surface area contributed by atoms with Crippen molar-refractivity contribution in [2.24, 2.45) is 0 Å². The van der Waals surface area contributed by atoms with Gasteiger partial charge < -0.3 is 26.0 Å². The zero-order chi connectivity index (χ0) is 13.6. The van der Waals surface area contributed by atoms with Crippen LogP contribution in [0.1, 0.15) is 0 Å². The second-order valence-electron chi connectivity index (χ2n) is 5.40. The molecule has 0 unspecified atom stereocenters. The summed E-state index contributed by atoms with van der Waals surface area (Å²) >= 11 is 0. The summed E-state index contributed by atoms with van der Waals surface area (Å²) in [6.45, 7) is 3.15. The Morgan fingerprint density at radius 3 is 2.56 bits per heavy atom. The molecule has 0 aliphatic rings. The minimum Gasteiger partial charge on any atom is -0.399 e.